The van der Waals surface area contributed by atoms with Crippen molar-refractivity contribution in [3.63, 3.8) is 0 Å². The van der Waals surface area contributed by atoms with Crippen LogP contribution < -0.4 is 4.74 Å². The van der Waals surface area contributed by atoms with Crippen LogP contribution in [0.2, 0.25) is 0 Å². The standard InChI is InChI=1S/C25H20F4N6O2/c1-34-22(13-5-7-14(26)8-6-13)33-21-23(34)30-9-18(31-21)24(36)35-10-15-16(11-35)17(15)12-37-20-4-2-3-19(32-20)25(27,28)29/h2-9,15-17H,10-12H2,1H3/t15-,16+,17?. The highest BCUT2D eigenvalue weighted by Crippen LogP contribution is 2.52. The summed E-state index contributed by atoms with van der Waals surface area (Å²) in [6.07, 6.45) is -3.11. The van der Waals surface area contributed by atoms with Crippen LogP contribution in [0.3, 0.4) is 0 Å². The van der Waals surface area contributed by atoms with Crippen molar-refractivity contribution in [1.82, 2.24) is 29.4 Å². The molecule has 2 aliphatic rings. The van der Waals surface area contributed by atoms with Gasteiger partial charge in [-0.15, -0.1) is 0 Å². The van der Waals surface area contributed by atoms with Crippen molar-refractivity contribution in [3.8, 4) is 17.3 Å². The van der Waals surface area contributed by atoms with Gasteiger partial charge in [-0.25, -0.2) is 24.3 Å². The van der Waals surface area contributed by atoms with Crippen LogP contribution in [0.25, 0.3) is 22.7 Å². The molecule has 4 heterocycles. The predicted octanol–water partition coefficient (Wildman–Crippen LogP) is 3.98. The Balaban J connectivity index is 1.10. The lowest BCUT2D eigenvalue weighted by Crippen LogP contribution is -2.33. The molecule has 1 aliphatic carbocycles. The van der Waals surface area contributed by atoms with Gasteiger partial charge in [0.1, 0.15) is 23.0 Å². The van der Waals surface area contributed by atoms with E-state index in [0.29, 0.717) is 35.8 Å². The number of halogens is 4. The summed E-state index contributed by atoms with van der Waals surface area (Å²) in [6.45, 7) is 1.27. The van der Waals surface area contributed by atoms with Crippen LogP contribution >= 0.6 is 0 Å². The lowest BCUT2D eigenvalue weighted by atomic mass is 10.2. The summed E-state index contributed by atoms with van der Waals surface area (Å²) in [7, 11) is 1.77. The molecule has 1 amide bonds. The van der Waals surface area contributed by atoms with Gasteiger partial charge < -0.3 is 14.2 Å². The molecule has 37 heavy (non-hydrogen) atoms. The highest BCUT2D eigenvalue weighted by atomic mass is 19.4. The topological polar surface area (TPSA) is 86.0 Å². The molecule has 1 saturated carbocycles. The average Bonchev–Trinajstić information content (AvgIpc) is 3.18. The van der Waals surface area contributed by atoms with Crippen molar-refractivity contribution in [2.45, 2.75) is 6.18 Å². The van der Waals surface area contributed by atoms with Crippen molar-refractivity contribution in [1.29, 1.82) is 0 Å². The number of carbonyl (C=O) groups excluding carboxylic acids is 1. The minimum atomic E-state index is -4.53. The number of fused-ring (bicyclic) bond motifs is 2. The summed E-state index contributed by atoms with van der Waals surface area (Å²) in [5.41, 5.74) is 0.703. The van der Waals surface area contributed by atoms with E-state index in [1.807, 2.05) is 0 Å². The molecule has 1 aliphatic heterocycles. The minimum Gasteiger partial charge on any atom is -0.477 e. The van der Waals surface area contributed by atoms with Crippen molar-refractivity contribution < 1.29 is 27.1 Å². The number of imidazole rings is 1. The lowest BCUT2D eigenvalue weighted by Gasteiger charge is -2.19. The summed E-state index contributed by atoms with van der Waals surface area (Å²) >= 11 is 0. The zero-order chi connectivity index (χ0) is 25.9. The Morgan fingerprint density at radius 1 is 1.05 bits per heavy atom. The lowest BCUT2D eigenvalue weighted by molar-refractivity contribution is -0.141. The van der Waals surface area contributed by atoms with Crippen LogP contribution in [0.1, 0.15) is 16.2 Å². The van der Waals surface area contributed by atoms with Crippen LogP contribution in [-0.2, 0) is 13.2 Å². The van der Waals surface area contributed by atoms with E-state index in [1.165, 1.54) is 30.5 Å². The number of hydrogen-bond acceptors (Lipinski definition) is 6. The number of likely N-dealkylation sites (tertiary alicyclic amines) is 1. The molecule has 0 radical (unpaired) electrons. The van der Waals surface area contributed by atoms with Crippen molar-refractivity contribution in [2.75, 3.05) is 19.7 Å². The molecular weight excluding hydrogens is 492 g/mol. The number of carbonyl (C=O) groups is 1. The van der Waals surface area contributed by atoms with E-state index in [1.54, 1.807) is 28.6 Å². The van der Waals surface area contributed by atoms with Gasteiger partial charge >= 0.3 is 6.18 Å². The molecule has 1 saturated heterocycles. The van der Waals surface area contributed by atoms with E-state index in [9.17, 15) is 22.4 Å². The molecule has 0 bridgehead atoms. The van der Waals surface area contributed by atoms with Crippen molar-refractivity contribution in [3.05, 3.63) is 65.9 Å². The highest BCUT2D eigenvalue weighted by Gasteiger charge is 2.57. The molecule has 3 atom stereocenters. The molecule has 12 heteroatoms. The number of hydrogen-bond donors (Lipinski definition) is 0. The summed E-state index contributed by atoms with van der Waals surface area (Å²) in [5, 5.41) is 0. The molecule has 8 nitrogen and oxygen atoms in total. The Bertz CT molecular complexity index is 1490. The number of aromatic nitrogens is 5. The molecule has 190 valence electrons. The maximum Gasteiger partial charge on any atom is 0.433 e. The van der Waals surface area contributed by atoms with Crippen molar-refractivity contribution >= 4 is 17.2 Å². The number of alkyl halides is 3. The first-order valence-electron chi connectivity index (χ1n) is 11.6. The van der Waals surface area contributed by atoms with Gasteiger partial charge in [-0.1, -0.05) is 6.07 Å². The number of pyridine rings is 1. The third-order valence-corrected chi connectivity index (χ3v) is 7.00. The second-order valence-electron chi connectivity index (χ2n) is 9.28. The van der Waals surface area contributed by atoms with Gasteiger partial charge in [-0.2, -0.15) is 13.2 Å². The van der Waals surface area contributed by atoms with Gasteiger partial charge in [0.05, 0.1) is 12.8 Å². The molecule has 1 aromatic carbocycles. The number of rotatable bonds is 5. The Morgan fingerprint density at radius 2 is 1.78 bits per heavy atom. The Labute approximate surface area is 207 Å². The van der Waals surface area contributed by atoms with E-state index in [0.717, 1.165) is 6.07 Å². The second kappa shape index (κ2) is 8.49. The maximum atomic E-state index is 13.3. The first kappa shape index (κ1) is 23.3. The van der Waals surface area contributed by atoms with Gasteiger partial charge in [-0.3, -0.25) is 4.79 Å². The third kappa shape index (κ3) is 4.25. The number of piperidine rings is 1. The van der Waals surface area contributed by atoms with Crippen LogP contribution in [-0.4, -0.2) is 55.0 Å². The van der Waals surface area contributed by atoms with Crippen LogP contribution in [0.15, 0.2) is 48.7 Å². The number of nitrogens with zero attached hydrogens (tertiary/aromatic N) is 6. The third-order valence-electron chi connectivity index (χ3n) is 7.00. The SMILES string of the molecule is Cn1c(-c2ccc(F)cc2)nc2nc(C(=O)N3C[C@@H]4C(COc5cccc(C(F)(F)F)n5)[C@@H]4C3)cnc21. The fourth-order valence-electron chi connectivity index (χ4n) is 4.98. The monoisotopic (exact) mass is 512 g/mol. The molecule has 0 spiro atoms. The normalized spacial score (nSPS) is 20.8. The largest absolute Gasteiger partial charge is 0.477 e. The second-order valence-corrected chi connectivity index (χ2v) is 9.28. The fourth-order valence-corrected chi connectivity index (χ4v) is 4.98. The highest BCUT2D eigenvalue weighted by molar-refractivity contribution is 5.93. The van der Waals surface area contributed by atoms with Gasteiger partial charge in [0.15, 0.2) is 11.3 Å². The molecule has 6 rings (SSSR count). The van der Waals surface area contributed by atoms with Crippen LogP contribution in [0, 0.1) is 23.6 Å². The van der Waals surface area contributed by atoms with Crippen molar-refractivity contribution in [2.24, 2.45) is 24.8 Å². The quantitative estimate of drug-likeness (QED) is 0.376. The molecule has 0 N–H and O–H groups in total. The van der Waals surface area contributed by atoms with E-state index in [4.69, 9.17) is 4.74 Å². The molecule has 3 aromatic heterocycles. The first-order valence-corrected chi connectivity index (χ1v) is 11.6. The van der Waals surface area contributed by atoms with Gasteiger partial charge in [0, 0.05) is 37.7 Å². The van der Waals surface area contributed by atoms with Gasteiger partial charge in [-0.05, 0) is 42.2 Å². The Hall–Kier alpha value is -4.09. The molecular formula is C25H20F4N6O2. The van der Waals surface area contributed by atoms with Crippen LogP contribution in [0.5, 0.6) is 5.88 Å². The zero-order valence-electron chi connectivity index (χ0n) is 19.5. The smallest absolute Gasteiger partial charge is 0.433 e. The van der Waals surface area contributed by atoms with E-state index >= 15 is 0 Å². The summed E-state index contributed by atoms with van der Waals surface area (Å²) < 4.78 is 59.1. The molecule has 2 fully saturated rings. The Morgan fingerprint density at radius 3 is 2.49 bits per heavy atom. The van der Waals surface area contributed by atoms with E-state index in [2.05, 4.69) is 19.9 Å². The fraction of sp³-hybridized carbons (Fsp3) is 0.320. The Kier molecular flexibility index (Phi) is 5.35. The summed E-state index contributed by atoms with van der Waals surface area (Å²) in [6, 6.07) is 9.48. The van der Waals surface area contributed by atoms with Crippen LogP contribution in [0.4, 0.5) is 17.6 Å². The van der Waals surface area contributed by atoms with E-state index in [-0.39, 0.29) is 47.7 Å². The van der Waals surface area contributed by atoms with Gasteiger partial charge in [0.2, 0.25) is 5.88 Å². The van der Waals surface area contributed by atoms with E-state index < -0.39 is 11.9 Å². The summed E-state index contributed by atoms with van der Waals surface area (Å²) in [4.78, 5) is 31.6. The average molecular weight is 512 g/mol. The first-order chi connectivity index (χ1) is 17.7. The number of ether oxygens (including phenoxy) is 1. The summed E-state index contributed by atoms with van der Waals surface area (Å²) in [5.74, 6) is 0.471. The minimum absolute atomic E-state index is 0.0633. The number of aryl methyl sites for hydroxylation is 1. The number of benzene rings is 1. The predicted molar refractivity (Wildman–Crippen MR) is 123 cm³/mol. The zero-order valence-corrected chi connectivity index (χ0v) is 19.5. The van der Waals surface area contributed by atoms with Gasteiger partial charge in [0.25, 0.3) is 5.91 Å². The molecule has 4 aromatic rings. The molecule has 1 unspecified atom stereocenters. The maximum absolute atomic E-state index is 13.3. The number of amides is 1.